The summed E-state index contributed by atoms with van der Waals surface area (Å²) < 4.78 is 5.14. The van der Waals surface area contributed by atoms with E-state index in [0.29, 0.717) is 17.7 Å². The Labute approximate surface area is 114 Å². The van der Waals surface area contributed by atoms with E-state index in [1.54, 1.807) is 13.3 Å². The second-order valence-corrected chi connectivity index (χ2v) is 4.85. The molecule has 1 heterocycles. The van der Waals surface area contributed by atoms with Crippen LogP contribution in [0.3, 0.4) is 0 Å². The van der Waals surface area contributed by atoms with E-state index in [-0.39, 0.29) is 0 Å². The minimum atomic E-state index is 0.372. The van der Waals surface area contributed by atoms with Crippen molar-refractivity contribution in [1.29, 1.82) is 0 Å². The number of nitrogens with zero attached hydrogens (tertiary/aromatic N) is 2. The van der Waals surface area contributed by atoms with Gasteiger partial charge in [0.25, 0.3) is 0 Å². The average Bonchev–Trinajstić information content (AvgIpc) is 2.33. The van der Waals surface area contributed by atoms with Crippen molar-refractivity contribution in [3.63, 3.8) is 0 Å². The summed E-state index contributed by atoms with van der Waals surface area (Å²) in [6.45, 7) is 6.53. The van der Waals surface area contributed by atoms with Crippen molar-refractivity contribution < 1.29 is 4.74 Å². The SMILES string of the molecule is CNCc1cc(N(CCOC)C(C)C)ncc1Cl. The number of pyridine rings is 1. The van der Waals surface area contributed by atoms with Crippen LogP contribution in [0.4, 0.5) is 5.82 Å². The molecule has 1 aromatic heterocycles. The van der Waals surface area contributed by atoms with Crippen LogP contribution in [-0.2, 0) is 11.3 Å². The Morgan fingerprint density at radius 2 is 2.22 bits per heavy atom. The molecule has 0 aliphatic rings. The van der Waals surface area contributed by atoms with Crippen molar-refractivity contribution in [2.45, 2.75) is 26.4 Å². The Kier molecular flexibility index (Phi) is 6.39. The highest BCUT2D eigenvalue weighted by molar-refractivity contribution is 6.31. The number of anilines is 1. The summed E-state index contributed by atoms with van der Waals surface area (Å²) in [5.41, 5.74) is 1.06. The van der Waals surface area contributed by atoms with Crippen molar-refractivity contribution in [2.75, 3.05) is 32.2 Å². The second-order valence-electron chi connectivity index (χ2n) is 4.44. The molecule has 0 amide bonds. The van der Waals surface area contributed by atoms with Crippen molar-refractivity contribution in [3.8, 4) is 0 Å². The molecule has 1 N–H and O–H groups in total. The van der Waals surface area contributed by atoms with Gasteiger partial charge in [0.05, 0.1) is 11.6 Å². The quantitative estimate of drug-likeness (QED) is 0.826. The van der Waals surface area contributed by atoms with Gasteiger partial charge in [-0.05, 0) is 32.5 Å². The highest BCUT2D eigenvalue weighted by Gasteiger charge is 2.13. The molecule has 0 aromatic carbocycles. The highest BCUT2D eigenvalue weighted by atomic mass is 35.5. The zero-order valence-corrected chi connectivity index (χ0v) is 12.3. The van der Waals surface area contributed by atoms with Gasteiger partial charge in [-0.25, -0.2) is 4.98 Å². The standard InChI is InChI=1S/C13H22ClN3O/c1-10(2)17(5-6-18-4)13-7-11(8-15-3)12(14)9-16-13/h7,9-10,15H,5-6,8H2,1-4H3. The van der Waals surface area contributed by atoms with Crippen LogP contribution in [0.25, 0.3) is 0 Å². The molecule has 0 radical (unpaired) electrons. The van der Waals surface area contributed by atoms with E-state index in [9.17, 15) is 0 Å². The van der Waals surface area contributed by atoms with E-state index in [0.717, 1.165) is 24.5 Å². The molecule has 0 saturated heterocycles. The summed E-state index contributed by atoms with van der Waals surface area (Å²) >= 11 is 6.12. The number of hydrogen-bond donors (Lipinski definition) is 1. The summed E-state index contributed by atoms with van der Waals surface area (Å²) in [6.07, 6.45) is 1.71. The van der Waals surface area contributed by atoms with Crippen LogP contribution >= 0.6 is 11.6 Å². The second kappa shape index (κ2) is 7.56. The number of ether oxygens (including phenoxy) is 1. The first-order chi connectivity index (χ1) is 8.60. The third-order valence-corrected chi connectivity index (χ3v) is 3.08. The molecule has 102 valence electrons. The monoisotopic (exact) mass is 271 g/mol. The van der Waals surface area contributed by atoms with E-state index in [4.69, 9.17) is 16.3 Å². The maximum atomic E-state index is 6.12. The first-order valence-corrected chi connectivity index (χ1v) is 6.52. The molecule has 4 nitrogen and oxygen atoms in total. The number of nitrogens with one attached hydrogen (secondary N) is 1. The largest absolute Gasteiger partial charge is 0.383 e. The van der Waals surface area contributed by atoms with Crippen molar-refractivity contribution >= 4 is 17.4 Å². The first kappa shape index (κ1) is 15.2. The lowest BCUT2D eigenvalue weighted by Crippen LogP contribution is -2.34. The molecule has 1 aromatic rings. The zero-order valence-electron chi connectivity index (χ0n) is 11.5. The summed E-state index contributed by atoms with van der Waals surface area (Å²) in [7, 11) is 3.61. The van der Waals surface area contributed by atoms with Crippen LogP contribution in [0.1, 0.15) is 19.4 Å². The third-order valence-electron chi connectivity index (χ3n) is 2.74. The number of hydrogen-bond acceptors (Lipinski definition) is 4. The van der Waals surface area contributed by atoms with Gasteiger partial charge < -0.3 is 15.0 Å². The first-order valence-electron chi connectivity index (χ1n) is 6.14. The fraction of sp³-hybridized carbons (Fsp3) is 0.615. The smallest absolute Gasteiger partial charge is 0.129 e. The van der Waals surface area contributed by atoms with Crippen molar-refractivity contribution in [3.05, 3.63) is 22.8 Å². The van der Waals surface area contributed by atoms with Gasteiger partial charge >= 0.3 is 0 Å². The van der Waals surface area contributed by atoms with Gasteiger partial charge in [-0.1, -0.05) is 11.6 Å². The number of halogens is 1. The molecular weight excluding hydrogens is 250 g/mol. The molecule has 0 fully saturated rings. The fourth-order valence-electron chi connectivity index (χ4n) is 1.78. The normalized spacial score (nSPS) is 11.0. The Bertz CT molecular complexity index is 371. The zero-order chi connectivity index (χ0) is 13.5. The maximum Gasteiger partial charge on any atom is 0.129 e. The van der Waals surface area contributed by atoms with Gasteiger partial charge in [-0.3, -0.25) is 0 Å². The summed E-state index contributed by atoms with van der Waals surface area (Å²) in [5, 5.41) is 3.81. The van der Waals surface area contributed by atoms with Gasteiger partial charge in [0.15, 0.2) is 0 Å². The summed E-state index contributed by atoms with van der Waals surface area (Å²) in [4.78, 5) is 6.61. The predicted octanol–water partition coefficient (Wildman–Crippen LogP) is 2.32. The molecule has 0 aliphatic heterocycles. The topological polar surface area (TPSA) is 37.4 Å². The molecule has 18 heavy (non-hydrogen) atoms. The van der Waals surface area contributed by atoms with Crippen molar-refractivity contribution in [2.24, 2.45) is 0 Å². The number of aromatic nitrogens is 1. The Hall–Kier alpha value is -0.840. The molecular formula is C13H22ClN3O. The average molecular weight is 272 g/mol. The molecule has 5 heteroatoms. The van der Waals surface area contributed by atoms with Crippen LogP contribution in [0.5, 0.6) is 0 Å². The maximum absolute atomic E-state index is 6.12. The Morgan fingerprint density at radius 1 is 1.50 bits per heavy atom. The third kappa shape index (κ3) is 4.12. The summed E-state index contributed by atoms with van der Waals surface area (Å²) in [6, 6.07) is 2.41. The molecule has 0 spiro atoms. The van der Waals surface area contributed by atoms with Crippen LogP contribution in [-0.4, -0.2) is 38.3 Å². The lowest BCUT2D eigenvalue weighted by molar-refractivity contribution is 0.203. The van der Waals surface area contributed by atoms with Gasteiger partial charge in [-0.2, -0.15) is 0 Å². The van der Waals surface area contributed by atoms with Crippen LogP contribution < -0.4 is 10.2 Å². The van der Waals surface area contributed by atoms with E-state index in [2.05, 4.69) is 29.0 Å². The lowest BCUT2D eigenvalue weighted by atomic mass is 10.2. The van der Waals surface area contributed by atoms with Gasteiger partial charge in [-0.15, -0.1) is 0 Å². The van der Waals surface area contributed by atoms with Crippen LogP contribution in [0, 0.1) is 0 Å². The van der Waals surface area contributed by atoms with E-state index in [1.807, 2.05) is 13.1 Å². The van der Waals surface area contributed by atoms with Gasteiger partial charge in [0.1, 0.15) is 5.82 Å². The van der Waals surface area contributed by atoms with Crippen LogP contribution in [0.2, 0.25) is 5.02 Å². The fourth-order valence-corrected chi connectivity index (χ4v) is 1.95. The minimum absolute atomic E-state index is 0.372. The minimum Gasteiger partial charge on any atom is -0.383 e. The predicted molar refractivity (Wildman–Crippen MR) is 76.4 cm³/mol. The van der Waals surface area contributed by atoms with E-state index in [1.165, 1.54) is 0 Å². The van der Waals surface area contributed by atoms with Gasteiger partial charge in [0.2, 0.25) is 0 Å². The van der Waals surface area contributed by atoms with Crippen LogP contribution in [0.15, 0.2) is 12.3 Å². The molecule has 0 aliphatic carbocycles. The molecule has 0 saturated carbocycles. The van der Waals surface area contributed by atoms with E-state index >= 15 is 0 Å². The highest BCUT2D eigenvalue weighted by Crippen LogP contribution is 2.21. The Balaban J connectivity index is 2.93. The lowest BCUT2D eigenvalue weighted by Gasteiger charge is -2.28. The molecule has 1 rings (SSSR count). The summed E-state index contributed by atoms with van der Waals surface area (Å²) in [5.74, 6) is 0.941. The van der Waals surface area contributed by atoms with Gasteiger partial charge in [0, 0.05) is 32.4 Å². The molecule has 0 atom stereocenters. The molecule has 0 unspecified atom stereocenters. The van der Waals surface area contributed by atoms with Crippen molar-refractivity contribution in [1.82, 2.24) is 10.3 Å². The number of rotatable bonds is 7. The molecule has 0 bridgehead atoms. The number of methoxy groups -OCH3 is 1. The van der Waals surface area contributed by atoms with E-state index < -0.39 is 0 Å². The Morgan fingerprint density at radius 3 is 2.78 bits per heavy atom.